The zero-order valence-corrected chi connectivity index (χ0v) is 11.0. The second-order valence-electron chi connectivity index (χ2n) is 4.88. The second-order valence-corrected chi connectivity index (χ2v) is 4.88. The minimum absolute atomic E-state index is 0.156. The molecule has 1 aliphatic heterocycles. The lowest BCUT2D eigenvalue weighted by molar-refractivity contribution is -0.137. The number of aryl methyl sites for hydroxylation is 1. The van der Waals surface area contributed by atoms with Crippen molar-refractivity contribution in [2.75, 3.05) is 13.2 Å². The van der Waals surface area contributed by atoms with Crippen LogP contribution in [0.1, 0.15) is 48.4 Å². The Bertz CT molecular complexity index is 458. The number of carbonyl (C=O) groups is 1. The SMILES string of the molecule is Cc1cc(C2CCOCC2)nc(C(N)CC(=O)O)n1. The van der Waals surface area contributed by atoms with Crippen LogP contribution in [-0.2, 0) is 9.53 Å². The van der Waals surface area contributed by atoms with Crippen LogP contribution in [0.3, 0.4) is 0 Å². The van der Waals surface area contributed by atoms with Gasteiger partial charge in [0.2, 0.25) is 0 Å². The molecule has 1 saturated heterocycles. The Kier molecular flexibility index (Phi) is 4.44. The molecule has 19 heavy (non-hydrogen) atoms. The fourth-order valence-corrected chi connectivity index (χ4v) is 2.26. The maximum Gasteiger partial charge on any atom is 0.305 e. The molecule has 1 aromatic heterocycles. The average Bonchev–Trinajstić information content (AvgIpc) is 2.38. The van der Waals surface area contributed by atoms with Gasteiger partial charge < -0.3 is 15.6 Å². The summed E-state index contributed by atoms with van der Waals surface area (Å²) in [5.74, 6) is -0.166. The van der Waals surface area contributed by atoms with Crippen molar-refractivity contribution in [3.63, 3.8) is 0 Å². The molecule has 6 heteroatoms. The molecule has 2 rings (SSSR count). The molecule has 0 aliphatic carbocycles. The standard InChI is InChI=1S/C13H19N3O3/c1-8-6-11(9-2-4-19-5-3-9)16-13(15-8)10(14)7-12(17)18/h6,9-10H,2-5,7,14H2,1H3,(H,17,18). The molecule has 2 heterocycles. The zero-order chi connectivity index (χ0) is 13.8. The monoisotopic (exact) mass is 265 g/mol. The van der Waals surface area contributed by atoms with E-state index in [2.05, 4.69) is 9.97 Å². The molecule has 104 valence electrons. The van der Waals surface area contributed by atoms with Crippen LogP contribution in [0.2, 0.25) is 0 Å². The van der Waals surface area contributed by atoms with E-state index in [1.54, 1.807) is 0 Å². The largest absolute Gasteiger partial charge is 0.481 e. The summed E-state index contributed by atoms with van der Waals surface area (Å²) in [5, 5.41) is 8.78. The molecule has 0 spiro atoms. The number of nitrogens with two attached hydrogens (primary N) is 1. The first-order chi connectivity index (χ1) is 9.06. The van der Waals surface area contributed by atoms with Crippen molar-refractivity contribution >= 4 is 5.97 Å². The molecule has 1 atom stereocenters. The van der Waals surface area contributed by atoms with Crippen LogP contribution in [0, 0.1) is 6.92 Å². The Morgan fingerprint density at radius 2 is 2.21 bits per heavy atom. The Hall–Kier alpha value is -1.53. The van der Waals surface area contributed by atoms with E-state index in [1.165, 1.54) is 0 Å². The number of hydrogen-bond acceptors (Lipinski definition) is 5. The molecular weight excluding hydrogens is 246 g/mol. The van der Waals surface area contributed by atoms with Crippen molar-refractivity contribution in [2.24, 2.45) is 5.73 Å². The van der Waals surface area contributed by atoms with Gasteiger partial charge >= 0.3 is 5.97 Å². The average molecular weight is 265 g/mol. The van der Waals surface area contributed by atoms with Crippen LogP contribution in [0.15, 0.2) is 6.07 Å². The van der Waals surface area contributed by atoms with Crippen LogP contribution >= 0.6 is 0 Å². The maximum absolute atomic E-state index is 10.7. The number of hydrogen-bond donors (Lipinski definition) is 2. The van der Waals surface area contributed by atoms with Gasteiger partial charge in [-0.1, -0.05) is 0 Å². The van der Waals surface area contributed by atoms with E-state index < -0.39 is 12.0 Å². The van der Waals surface area contributed by atoms with Crippen LogP contribution < -0.4 is 5.73 Å². The van der Waals surface area contributed by atoms with E-state index in [0.29, 0.717) is 11.7 Å². The normalized spacial score (nSPS) is 18.2. The zero-order valence-electron chi connectivity index (χ0n) is 11.0. The van der Waals surface area contributed by atoms with E-state index in [-0.39, 0.29) is 6.42 Å². The molecule has 0 bridgehead atoms. The topological polar surface area (TPSA) is 98.3 Å². The van der Waals surface area contributed by atoms with Crippen molar-refractivity contribution < 1.29 is 14.6 Å². The first-order valence-corrected chi connectivity index (χ1v) is 6.47. The quantitative estimate of drug-likeness (QED) is 0.847. The van der Waals surface area contributed by atoms with Crippen molar-refractivity contribution in [1.82, 2.24) is 9.97 Å². The molecule has 0 amide bonds. The maximum atomic E-state index is 10.7. The van der Waals surface area contributed by atoms with E-state index in [9.17, 15) is 4.79 Å². The highest BCUT2D eigenvalue weighted by Gasteiger charge is 2.20. The van der Waals surface area contributed by atoms with Gasteiger partial charge in [0.25, 0.3) is 0 Å². The number of rotatable bonds is 4. The van der Waals surface area contributed by atoms with Gasteiger partial charge in [0, 0.05) is 30.5 Å². The van der Waals surface area contributed by atoms with Crippen LogP contribution in [0.4, 0.5) is 0 Å². The van der Waals surface area contributed by atoms with Crippen molar-refractivity contribution in [3.8, 4) is 0 Å². The van der Waals surface area contributed by atoms with Gasteiger partial charge in [0.1, 0.15) is 5.82 Å². The van der Waals surface area contributed by atoms with Gasteiger partial charge in [-0.2, -0.15) is 0 Å². The number of carboxylic acid groups (broad SMARTS) is 1. The fourth-order valence-electron chi connectivity index (χ4n) is 2.26. The molecule has 1 unspecified atom stereocenters. The predicted octanol–water partition coefficient (Wildman–Crippen LogP) is 1.15. The van der Waals surface area contributed by atoms with Gasteiger partial charge in [-0.25, -0.2) is 9.97 Å². The molecule has 1 aromatic rings. The predicted molar refractivity (Wildman–Crippen MR) is 68.7 cm³/mol. The molecule has 3 N–H and O–H groups in total. The van der Waals surface area contributed by atoms with Gasteiger partial charge in [-0.3, -0.25) is 4.79 Å². The number of aliphatic carboxylic acids is 1. The highest BCUT2D eigenvalue weighted by atomic mass is 16.5. The number of ether oxygens (including phenoxy) is 1. The summed E-state index contributed by atoms with van der Waals surface area (Å²) >= 11 is 0. The lowest BCUT2D eigenvalue weighted by Gasteiger charge is -2.22. The summed E-state index contributed by atoms with van der Waals surface area (Å²) in [5.41, 5.74) is 7.61. The number of carboxylic acids is 1. The van der Waals surface area contributed by atoms with Gasteiger partial charge in [-0.05, 0) is 25.8 Å². The van der Waals surface area contributed by atoms with Crippen LogP contribution in [0.25, 0.3) is 0 Å². The van der Waals surface area contributed by atoms with Crippen LogP contribution in [-0.4, -0.2) is 34.3 Å². The summed E-state index contributed by atoms with van der Waals surface area (Å²) in [4.78, 5) is 19.4. The smallest absolute Gasteiger partial charge is 0.305 e. The lowest BCUT2D eigenvalue weighted by Crippen LogP contribution is -2.21. The molecule has 0 radical (unpaired) electrons. The third kappa shape index (κ3) is 3.71. The summed E-state index contributed by atoms with van der Waals surface area (Å²) in [6.45, 7) is 3.36. The van der Waals surface area contributed by atoms with E-state index in [4.69, 9.17) is 15.6 Å². The highest BCUT2D eigenvalue weighted by molar-refractivity contribution is 5.67. The number of nitrogens with zero attached hydrogens (tertiary/aromatic N) is 2. The Labute approximate surface area is 112 Å². The Morgan fingerprint density at radius 3 is 2.84 bits per heavy atom. The summed E-state index contributed by atoms with van der Waals surface area (Å²) in [7, 11) is 0. The third-order valence-corrected chi connectivity index (χ3v) is 3.26. The molecular formula is C13H19N3O3. The number of aromatic nitrogens is 2. The van der Waals surface area contributed by atoms with Gasteiger partial charge in [0.15, 0.2) is 0 Å². The van der Waals surface area contributed by atoms with E-state index in [0.717, 1.165) is 37.4 Å². The van der Waals surface area contributed by atoms with E-state index >= 15 is 0 Å². The minimum atomic E-state index is -0.940. The molecule has 1 fully saturated rings. The summed E-state index contributed by atoms with van der Waals surface area (Å²) in [6, 6.07) is 1.29. The van der Waals surface area contributed by atoms with Crippen molar-refractivity contribution in [1.29, 1.82) is 0 Å². The molecule has 1 aliphatic rings. The molecule has 0 aromatic carbocycles. The summed E-state index contributed by atoms with van der Waals surface area (Å²) in [6.07, 6.45) is 1.71. The third-order valence-electron chi connectivity index (χ3n) is 3.26. The minimum Gasteiger partial charge on any atom is -0.481 e. The Balaban J connectivity index is 2.20. The van der Waals surface area contributed by atoms with Crippen molar-refractivity contribution in [3.05, 3.63) is 23.3 Å². The van der Waals surface area contributed by atoms with Crippen LogP contribution in [0.5, 0.6) is 0 Å². The first kappa shape index (κ1) is 13.9. The molecule has 0 saturated carbocycles. The van der Waals surface area contributed by atoms with E-state index in [1.807, 2.05) is 13.0 Å². The second kappa shape index (κ2) is 6.08. The highest BCUT2D eigenvalue weighted by Crippen LogP contribution is 2.26. The summed E-state index contributed by atoms with van der Waals surface area (Å²) < 4.78 is 5.34. The molecule has 6 nitrogen and oxygen atoms in total. The van der Waals surface area contributed by atoms with Gasteiger partial charge in [-0.15, -0.1) is 0 Å². The lowest BCUT2D eigenvalue weighted by atomic mass is 9.95. The van der Waals surface area contributed by atoms with Gasteiger partial charge in [0.05, 0.1) is 12.5 Å². The van der Waals surface area contributed by atoms with Crippen molar-refractivity contribution in [2.45, 2.75) is 38.1 Å². The fraction of sp³-hybridized carbons (Fsp3) is 0.615. The first-order valence-electron chi connectivity index (χ1n) is 6.47. The Morgan fingerprint density at radius 1 is 1.53 bits per heavy atom.